The number of hydrogen-bond donors (Lipinski definition) is 2. The molecule has 2 aromatic rings. The highest BCUT2D eigenvalue weighted by atomic mass is 16.5. The summed E-state index contributed by atoms with van der Waals surface area (Å²) in [7, 11) is 1.75. The van der Waals surface area contributed by atoms with Crippen molar-refractivity contribution in [2.75, 3.05) is 33.3 Å². The van der Waals surface area contributed by atoms with Gasteiger partial charge in [-0.2, -0.15) is 0 Å². The van der Waals surface area contributed by atoms with Crippen LogP contribution in [0.2, 0.25) is 0 Å². The lowest BCUT2D eigenvalue weighted by Gasteiger charge is -2.29. The van der Waals surface area contributed by atoms with Crippen LogP contribution in [0.5, 0.6) is 5.75 Å². The second-order valence-corrected chi connectivity index (χ2v) is 5.99. The Bertz CT molecular complexity index is 580. The molecule has 1 saturated heterocycles. The van der Waals surface area contributed by atoms with Crippen molar-refractivity contribution in [3.63, 3.8) is 0 Å². The van der Waals surface area contributed by atoms with Gasteiger partial charge in [-0.05, 0) is 24.3 Å². The Morgan fingerprint density at radius 3 is 2.27 bits per heavy atom. The van der Waals surface area contributed by atoms with E-state index in [1.54, 1.807) is 16.9 Å². The lowest BCUT2D eigenvalue weighted by molar-refractivity contribution is -1.02. The van der Waals surface area contributed by atoms with E-state index in [-0.39, 0.29) is 0 Å². The van der Waals surface area contributed by atoms with Gasteiger partial charge in [0.15, 0.2) is 0 Å². The number of quaternary nitrogens is 2. The van der Waals surface area contributed by atoms with Gasteiger partial charge in [-0.25, -0.2) is 0 Å². The van der Waals surface area contributed by atoms with E-state index in [2.05, 4.69) is 35.3 Å². The van der Waals surface area contributed by atoms with Crippen LogP contribution in [-0.2, 0) is 13.1 Å². The molecular formula is C18H25N3O+2. The number of nitrogens with one attached hydrogen (secondary N) is 2. The first-order valence-corrected chi connectivity index (χ1v) is 8.04. The van der Waals surface area contributed by atoms with Gasteiger partial charge in [-0.3, -0.25) is 4.98 Å². The molecule has 116 valence electrons. The predicted octanol–water partition coefficient (Wildman–Crippen LogP) is -0.426. The molecule has 0 aliphatic carbocycles. The quantitative estimate of drug-likeness (QED) is 0.785. The van der Waals surface area contributed by atoms with Crippen LogP contribution in [0.3, 0.4) is 0 Å². The fourth-order valence-electron chi connectivity index (χ4n) is 3.19. The average molecular weight is 299 g/mol. The molecule has 0 spiro atoms. The molecule has 3 rings (SSSR count). The first kappa shape index (κ1) is 15.0. The minimum absolute atomic E-state index is 1.01. The Labute approximate surface area is 132 Å². The third kappa shape index (κ3) is 3.84. The van der Waals surface area contributed by atoms with Gasteiger partial charge < -0.3 is 14.5 Å². The van der Waals surface area contributed by atoms with Crippen molar-refractivity contribution in [3.8, 4) is 5.75 Å². The molecule has 1 aromatic heterocycles. The van der Waals surface area contributed by atoms with E-state index in [1.165, 1.54) is 37.4 Å². The molecule has 22 heavy (non-hydrogen) atoms. The molecular weight excluding hydrogens is 274 g/mol. The number of aromatic nitrogens is 1. The van der Waals surface area contributed by atoms with Crippen LogP contribution >= 0.6 is 0 Å². The Hall–Kier alpha value is -1.91. The third-order valence-corrected chi connectivity index (χ3v) is 4.45. The molecule has 0 amide bonds. The van der Waals surface area contributed by atoms with Crippen LogP contribution in [0.4, 0.5) is 0 Å². The molecule has 1 aliphatic heterocycles. The van der Waals surface area contributed by atoms with Crippen LogP contribution in [0.1, 0.15) is 11.3 Å². The number of ether oxygens (including phenoxy) is 1. The second-order valence-electron chi connectivity index (χ2n) is 5.99. The summed E-state index contributed by atoms with van der Waals surface area (Å²) in [5.41, 5.74) is 2.51. The lowest BCUT2D eigenvalue weighted by Crippen LogP contribution is -3.27. The molecule has 0 unspecified atom stereocenters. The fourth-order valence-corrected chi connectivity index (χ4v) is 3.19. The van der Waals surface area contributed by atoms with Crippen molar-refractivity contribution >= 4 is 0 Å². The van der Waals surface area contributed by atoms with E-state index in [9.17, 15) is 0 Å². The average Bonchev–Trinajstić information content (AvgIpc) is 2.58. The van der Waals surface area contributed by atoms with E-state index in [1.807, 2.05) is 18.3 Å². The molecule has 1 fully saturated rings. The number of para-hydroxylation sites is 1. The van der Waals surface area contributed by atoms with Crippen molar-refractivity contribution < 1.29 is 14.5 Å². The normalized spacial score (nSPS) is 21.5. The standard InChI is InChI=1S/C18H23N3O/c1-22-18-8-3-2-6-16(18)14-20-10-12-21(13-11-20)15-17-7-4-5-9-19-17/h2-9H,10-15H2,1H3/p+2. The molecule has 2 N–H and O–H groups in total. The lowest BCUT2D eigenvalue weighted by atomic mass is 10.1. The fraction of sp³-hybridized carbons (Fsp3) is 0.389. The summed E-state index contributed by atoms with van der Waals surface area (Å²) in [5, 5.41) is 0. The Morgan fingerprint density at radius 1 is 0.909 bits per heavy atom. The number of rotatable bonds is 5. The van der Waals surface area contributed by atoms with E-state index in [0.29, 0.717) is 0 Å². The van der Waals surface area contributed by atoms with Crippen LogP contribution in [-0.4, -0.2) is 38.3 Å². The van der Waals surface area contributed by atoms with Crippen molar-refractivity contribution in [3.05, 3.63) is 59.9 Å². The maximum atomic E-state index is 5.46. The van der Waals surface area contributed by atoms with Crippen LogP contribution in [0.15, 0.2) is 48.7 Å². The number of nitrogens with zero attached hydrogens (tertiary/aromatic N) is 1. The van der Waals surface area contributed by atoms with Gasteiger partial charge in [-0.1, -0.05) is 18.2 Å². The number of hydrogen-bond acceptors (Lipinski definition) is 2. The van der Waals surface area contributed by atoms with Crippen molar-refractivity contribution in [1.82, 2.24) is 4.98 Å². The zero-order valence-corrected chi connectivity index (χ0v) is 13.2. The molecule has 1 aliphatic rings. The Morgan fingerprint density at radius 2 is 1.59 bits per heavy atom. The highest BCUT2D eigenvalue weighted by Crippen LogP contribution is 2.15. The summed E-state index contributed by atoms with van der Waals surface area (Å²) in [6.07, 6.45) is 1.89. The van der Waals surface area contributed by atoms with Gasteiger partial charge in [0.2, 0.25) is 0 Å². The van der Waals surface area contributed by atoms with Gasteiger partial charge in [0.25, 0.3) is 0 Å². The molecule has 2 heterocycles. The summed E-state index contributed by atoms with van der Waals surface area (Å²) in [5.74, 6) is 1.01. The summed E-state index contributed by atoms with van der Waals surface area (Å²) in [6.45, 7) is 6.94. The molecule has 4 heteroatoms. The van der Waals surface area contributed by atoms with Crippen LogP contribution in [0, 0.1) is 0 Å². The summed E-state index contributed by atoms with van der Waals surface area (Å²) < 4.78 is 5.46. The molecule has 0 radical (unpaired) electrons. The van der Waals surface area contributed by atoms with E-state index >= 15 is 0 Å². The van der Waals surface area contributed by atoms with Crippen molar-refractivity contribution in [1.29, 1.82) is 0 Å². The smallest absolute Gasteiger partial charge is 0.127 e. The number of pyridine rings is 1. The number of piperazine rings is 1. The maximum absolute atomic E-state index is 5.46. The minimum Gasteiger partial charge on any atom is -0.496 e. The van der Waals surface area contributed by atoms with E-state index in [0.717, 1.165) is 18.8 Å². The molecule has 1 aromatic carbocycles. The molecule has 4 nitrogen and oxygen atoms in total. The largest absolute Gasteiger partial charge is 0.496 e. The van der Waals surface area contributed by atoms with E-state index in [4.69, 9.17) is 4.74 Å². The van der Waals surface area contributed by atoms with Crippen molar-refractivity contribution in [2.45, 2.75) is 13.1 Å². The predicted molar refractivity (Wildman–Crippen MR) is 86.0 cm³/mol. The van der Waals surface area contributed by atoms with Crippen LogP contribution < -0.4 is 14.5 Å². The highest BCUT2D eigenvalue weighted by molar-refractivity contribution is 5.32. The number of benzene rings is 1. The number of methoxy groups -OCH3 is 1. The highest BCUT2D eigenvalue weighted by Gasteiger charge is 2.24. The van der Waals surface area contributed by atoms with Crippen molar-refractivity contribution in [2.24, 2.45) is 0 Å². The summed E-state index contributed by atoms with van der Waals surface area (Å²) >= 11 is 0. The van der Waals surface area contributed by atoms with E-state index < -0.39 is 0 Å². The first-order valence-electron chi connectivity index (χ1n) is 8.04. The molecule has 0 saturated carbocycles. The zero-order chi connectivity index (χ0) is 15.2. The second kappa shape index (κ2) is 7.38. The van der Waals surface area contributed by atoms with Gasteiger partial charge in [-0.15, -0.1) is 0 Å². The van der Waals surface area contributed by atoms with Crippen LogP contribution in [0.25, 0.3) is 0 Å². The van der Waals surface area contributed by atoms with Gasteiger partial charge in [0, 0.05) is 11.8 Å². The molecule has 0 atom stereocenters. The van der Waals surface area contributed by atoms with Gasteiger partial charge in [0.1, 0.15) is 45.0 Å². The zero-order valence-electron chi connectivity index (χ0n) is 13.2. The van der Waals surface area contributed by atoms with Gasteiger partial charge >= 0.3 is 0 Å². The topological polar surface area (TPSA) is 31.0 Å². The molecule has 0 bridgehead atoms. The maximum Gasteiger partial charge on any atom is 0.127 e. The SMILES string of the molecule is COc1ccccc1C[NH+]1CC[NH+](Cc2ccccn2)CC1. The summed E-state index contributed by atoms with van der Waals surface area (Å²) in [6, 6.07) is 14.5. The first-order chi connectivity index (χ1) is 10.8. The third-order valence-electron chi connectivity index (χ3n) is 4.45. The van der Waals surface area contributed by atoms with Gasteiger partial charge in [0.05, 0.1) is 12.8 Å². The minimum atomic E-state index is 1.01. The summed E-state index contributed by atoms with van der Waals surface area (Å²) in [4.78, 5) is 7.73. The Kier molecular flexibility index (Phi) is 5.03. The Balaban J connectivity index is 1.51. The monoisotopic (exact) mass is 299 g/mol.